The summed E-state index contributed by atoms with van der Waals surface area (Å²) in [6.45, 7) is 2.33. The van der Waals surface area contributed by atoms with Gasteiger partial charge >= 0.3 is 0 Å². The summed E-state index contributed by atoms with van der Waals surface area (Å²) in [5.41, 5.74) is 2.20. The average molecular weight is 273 g/mol. The first kappa shape index (κ1) is 14.1. The van der Waals surface area contributed by atoms with Crippen molar-refractivity contribution >= 4 is 5.91 Å². The quantitative estimate of drug-likeness (QED) is 0.909. The van der Waals surface area contributed by atoms with E-state index in [4.69, 9.17) is 4.74 Å². The summed E-state index contributed by atoms with van der Waals surface area (Å²) in [7, 11) is 0. The highest BCUT2D eigenvalue weighted by atomic mass is 19.1. The zero-order chi connectivity index (χ0) is 14.4. The minimum absolute atomic E-state index is 0.130. The van der Waals surface area contributed by atoms with Crippen LogP contribution in [0.4, 0.5) is 4.39 Å². The molecular weight excluding hydrogens is 257 g/mol. The van der Waals surface area contributed by atoms with Gasteiger partial charge in [-0.25, -0.2) is 4.39 Å². The molecule has 2 rings (SSSR count). The third kappa shape index (κ3) is 4.39. The fourth-order valence-electron chi connectivity index (χ4n) is 1.66. The Hall–Kier alpha value is -2.36. The molecule has 1 amide bonds. The molecule has 20 heavy (non-hydrogen) atoms. The normalized spacial score (nSPS) is 10.1. The first-order chi connectivity index (χ1) is 9.63. The second-order valence-corrected chi connectivity index (χ2v) is 4.51. The lowest BCUT2D eigenvalue weighted by Crippen LogP contribution is -2.28. The van der Waals surface area contributed by atoms with Gasteiger partial charge in [0.15, 0.2) is 6.61 Å². The van der Waals surface area contributed by atoms with Crippen LogP contribution in [0.2, 0.25) is 0 Å². The topological polar surface area (TPSA) is 38.3 Å². The monoisotopic (exact) mass is 273 g/mol. The smallest absolute Gasteiger partial charge is 0.258 e. The van der Waals surface area contributed by atoms with Crippen LogP contribution in [-0.2, 0) is 11.3 Å². The van der Waals surface area contributed by atoms with E-state index in [0.717, 1.165) is 5.56 Å². The van der Waals surface area contributed by atoms with Gasteiger partial charge in [0, 0.05) is 12.6 Å². The number of carbonyl (C=O) groups is 1. The third-order valence-corrected chi connectivity index (χ3v) is 2.78. The molecule has 0 aliphatic rings. The predicted octanol–water partition coefficient (Wildman–Crippen LogP) is 2.83. The molecule has 2 aromatic rings. The standard InChI is InChI=1S/C16H16FNO2/c1-12-5-7-13(8-6-12)10-18-16(19)11-20-15-4-2-3-14(17)9-15/h2-9H,10-11H2,1H3,(H,18,19). The number of carbonyl (C=O) groups excluding carboxylic acids is 1. The maximum absolute atomic E-state index is 12.9. The Morgan fingerprint density at radius 2 is 1.95 bits per heavy atom. The lowest BCUT2D eigenvalue weighted by atomic mass is 10.1. The number of hydrogen-bond acceptors (Lipinski definition) is 2. The SMILES string of the molecule is Cc1ccc(CNC(=O)COc2cccc(F)c2)cc1. The van der Waals surface area contributed by atoms with E-state index in [0.29, 0.717) is 12.3 Å². The second-order valence-electron chi connectivity index (χ2n) is 4.51. The molecule has 0 heterocycles. The van der Waals surface area contributed by atoms with Crippen LogP contribution in [0.25, 0.3) is 0 Å². The predicted molar refractivity (Wildman–Crippen MR) is 74.9 cm³/mol. The van der Waals surface area contributed by atoms with Crippen LogP contribution in [0.3, 0.4) is 0 Å². The lowest BCUT2D eigenvalue weighted by molar-refractivity contribution is -0.123. The number of hydrogen-bond donors (Lipinski definition) is 1. The molecule has 3 nitrogen and oxygen atoms in total. The summed E-state index contributed by atoms with van der Waals surface area (Å²) in [5.74, 6) is -0.284. The second kappa shape index (κ2) is 6.70. The molecule has 0 bridgehead atoms. The average Bonchev–Trinajstić information content (AvgIpc) is 2.45. The van der Waals surface area contributed by atoms with Gasteiger partial charge in [-0.2, -0.15) is 0 Å². The van der Waals surface area contributed by atoms with Gasteiger partial charge in [-0.05, 0) is 24.6 Å². The Morgan fingerprint density at radius 3 is 2.65 bits per heavy atom. The first-order valence-corrected chi connectivity index (χ1v) is 6.34. The Bertz CT molecular complexity index is 581. The van der Waals surface area contributed by atoms with E-state index in [1.807, 2.05) is 31.2 Å². The van der Waals surface area contributed by atoms with Crippen molar-refractivity contribution in [2.75, 3.05) is 6.61 Å². The van der Waals surface area contributed by atoms with E-state index in [9.17, 15) is 9.18 Å². The summed E-state index contributed by atoms with van der Waals surface area (Å²) in [5, 5.41) is 2.75. The lowest BCUT2D eigenvalue weighted by Gasteiger charge is -2.08. The van der Waals surface area contributed by atoms with E-state index in [1.165, 1.54) is 23.8 Å². The summed E-state index contributed by atoms with van der Waals surface area (Å²) in [4.78, 5) is 11.6. The molecule has 1 N–H and O–H groups in total. The van der Waals surface area contributed by atoms with E-state index < -0.39 is 0 Å². The van der Waals surface area contributed by atoms with Gasteiger partial charge in [-0.15, -0.1) is 0 Å². The zero-order valence-corrected chi connectivity index (χ0v) is 11.2. The van der Waals surface area contributed by atoms with Crippen molar-refractivity contribution in [2.45, 2.75) is 13.5 Å². The highest BCUT2D eigenvalue weighted by Gasteiger charge is 2.03. The maximum Gasteiger partial charge on any atom is 0.258 e. The molecule has 0 saturated heterocycles. The molecule has 0 saturated carbocycles. The van der Waals surface area contributed by atoms with Gasteiger partial charge in [0.2, 0.25) is 0 Å². The minimum atomic E-state index is -0.387. The molecular formula is C16H16FNO2. The molecule has 4 heteroatoms. The number of rotatable bonds is 5. The molecule has 0 aromatic heterocycles. The Balaban J connectivity index is 1.77. The molecule has 0 radical (unpaired) electrons. The first-order valence-electron chi connectivity index (χ1n) is 6.34. The fourth-order valence-corrected chi connectivity index (χ4v) is 1.66. The molecule has 0 aliphatic heterocycles. The van der Waals surface area contributed by atoms with Gasteiger partial charge in [-0.1, -0.05) is 35.9 Å². The van der Waals surface area contributed by atoms with Gasteiger partial charge in [0.05, 0.1) is 0 Å². The van der Waals surface area contributed by atoms with Crippen LogP contribution in [0, 0.1) is 12.7 Å². The van der Waals surface area contributed by atoms with Crippen LogP contribution in [0.1, 0.15) is 11.1 Å². The van der Waals surface area contributed by atoms with Gasteiger partial charge in [-0.3, -0.25) is 4.79 Å². The van der Waals surface area contributed by atoms with Crippen LogP contribution in [-0.4, -0.2) is 12.5 Å². The van der Waals surface area contributed by atoms with Crippen molar-refractivity contribution in [1.29, 1.82) is 0 Å². The van der Waals surface area contributed by atoms with Gasteiger partial charge in [0.1, 0.15) is 11.6 Å². The Morgan fingerprint density at radius 1 is 1.20 bits per heavy atom. The van der Waals surface area contributed by atoms with Crippen LogP contribution >= 0.6 is 0 Å². The number of halogens is 1. The van der Waals surface area contributed by atoms with Gasteiger partial charge < -0.3 is 10.1 Å². The number of aryl methyl sites for hydroxylation is 1. The summed E-state index contributed by atoms with van der Waals surface area (Å²) in [6.07, 6.45) is 0. The highest BCUT2D eigenvalue weighted by molar-refractivity contribution is 5.77. The molecule has 104 valence electrons. The molecule has 0 spiro atoms. The van der Waals surface area contributed by atoms with Crippen molar-refractivity contribution in [3.63, 3.8) is 0 Å². The number of amides is 1. The van der Waals surface area contributed by atoms with Crippen molar-refractivity contribution < 1.29 is 13.9 Å². The fraction of sp³-hybridized carbons (Fsp3) is 0.188. The van der Waals surface area contributed by atoms with Crippen LogP contribution < -0.4 is 10.1 Å². The molecule has 0 atom stereocenters. The highest BCUT2D eigenvalue weighted by Crippen LogP contribution is 2.11. The summed E-state index contributed by atoms with van der Waals surface area (Å²) >= 11 is 0. The summed E-state index contributed by atoms with van der Waals surface area (Å²) < 4.78 is 18.1. The molecule has 0 aliphatic carbocycles. The zero-order valence-electron chi connectivity index (χ0n) is 11.2. The third-order valence-electron chi connectivity index (χ3n) is 2.78. The Labute approximate surface area is 117 Å². The number of ether oxygens (including phenoxy) is 1. The number of benzene rings is 2. The molecule has 2 aromatic carbocycles. The summed E-state index contributed by atoms with van der Waals surface area (Å²) in [6, 6.07) is 13.6. The van der Waals surface area contributed by atoms with E-state index in [1.54, 1.807) is 6.07 Å². The van der Waals surface area contributed by atoms with Crippen molar-refractivity contribution in [1.82, 2.24) is 5.32 Å². The van der Waals surface area contributed by atoms with E-state index in [2.05, 4.69) is 5.32 Å². The van der Waals surface area contributed by atoms with Crippen LogP contribution in [0.5, 0.6) is 5.75 Å². The Kier molecular flexibility index (Phi) is 4.71. The molecule has 0 fully saturated rings. The number of nitrogens with one attached hydrogen (secondary N) is 1. The van der Waals surface area contributed by atoms with Crippen molar-refractivity contribution in [3.05, 3.63) is 65.5 Å². The van der Waals surface area contributed by atoms with Crippen LogP contribution in [0.15, 0.2) is 48.5 Å². The molecule has 0 unspecified atom stereocenters. The van der Waals surface area contributed by atoms with E-state index in [-0.39, 0.29) is 18.3 Å². The van der Waals surface area contributed by atoms with Gasteiger partial charge in [0.25, 0.3) is 5.91 Å². The minimum Gasteiger partial charge on any atom is -0.484 e. The largest absolute Gasteiger partial charge is 0.484 e. The van der Waals surface area contributed by atoms with Crippen molar-refractivity contribution in [2.24, 2.45) is 0 Å². The van der Waals surface area contributed by atoms with E-state index >= 15 is 0 Å². The van der Waals surface area contributed by atoms with Crippen molar-refractivity contribution in [3.8, 4) is 5.75 Å². The maximum atomic E-state index is 12.9.